The van der Waals surface area contributed by atoms with Crippen molar-refractivity contribution in [3.63, 3.8) is 0 Å². The number of nitriles is 1. The Morgan fingerprint density at radius 1 is 1.15 bits per heavy atom. The molecule has 4 rings (SSSR count). The number of aliphatic hydroxyl groups excluding tert-OH is 1. The lowest BCUT2D eigenvalue weighted by atomic mass is 10.0. The van der Waals surface area contributed by atoms with Crippen molar-refractivity contribution in [1.29, 1.82) is 5.26 Å². The summed E-state index contributed by atoms with van der Waals surface area (Å²) >= 11 is 0. The number of benzene rings is 1. The fraction of sp³-hybridized carbons (Fsp3) is 0.520. The molecule has 1 atom stereocenters. The van der Waals surface area contributed by atoms with Crippen LogP contribution in [0.1, 0.15) is 55.5 Å². The van der Waals surface area contributed by atoms with Gasteiger partial charge in [-0.05, 0) is 45.1 Å². The molecule has 33 heavy (non-hydrogen) atoms. The van der Waals surface area contributed by atoms with E-state index < -0.39 is 6.41 Å². The first kappa shape index (κ1) is 23.3. The highest BCUT2D eigenvalue weighted by molar-refractivity contribution is 5.94. The van der Waals surface area contributed by atoms with E-state index in [0.29, 0.717) is 30.9 Å². The average molecular weight is 450 g/mol. The van der Waals surface area contributed by atoms with Gasteiger partial charge < -0.3 is 14.7 Å². The Balaban J connectivity index is 1.41. The van der Waals surface area contributed by atoms with E-state index in [2.05, 4.69) is 16.0 Å². The number of hydrogen-bond donors (Lipinski definition) is 1. The zero-order chi connectivity index (χ0) is 23.4. The van der Waals surface area contributed by atoms with E-state index in [1.807, 2.05) is 47.9 Å². The van der Waals surface area contributed by atoms with Crippen molar-refractivity contribution < 1.29 is 14.6 Å². The van der Waals surface area contributed by atoms with E-state index >= 15 is 0 Å². The zero-order valence-corrected chi connectivity index (χ0v) is 19.2. The number of hydrogen-bond acceptors (Lipinski definition) is 7. The second-order valence-electron chi connectivity index (χ2n) is 9.05. The third kappa shape index (κ3) is 5.74. The van der Waals surface area contributed by atoms with Gasteiger partial charge in [0.1, 0.15) is 0 Å². The lowest BCUT2D eigenvalue weighted by molar-refractivity contribution is -0.216. The van der Waals surface area contributed by atoms with Crippen LogP contribution in [0.15, 0.2) is 36.7 Å². The normalized spacial score (nSPS) is 18.2. The zero-order valence-electron chi connectivity index (χ0n) is 19.2. The summed E-state index contributed by atoms with van der Waals surface area (Å²) in [5, 5.41) is 19.0. The second kappa shape index (κ2) is 10.4. The first-order valence-corrected chi connectivity index (χ1v) is 11.6. The van der Waals surface area contributed by atoms with Crippen molar-refractivity contribution >= 4 is 5.91 Å². The molecular weight excluding hydrogens is 418 g/mol. The van der Waals surface area contributed by atoms with E-state index in [0.717, 1.165) is 36.8 Å². The molecule has 1 saturated carbocycles. The molecule has 1 amide bonds. The van der Waals surface area contributed by atoms with Crippen LogP contribution in [0.4, 0.5) is 0 Å². The maximum absolute atomic E-state index is 13.4. The van der Waals surface area contributed by atoms with Crippen LogP contribution in [0.25, 0.3) is 11.4 Å². The van der Waals surface area contributed by atoms with Gasteiger partial charge in [0.2, 0.25) is 6.41 Å². The van der Waals surface area contributed by atoms with E-state index in [-0.39, 0.29) is 24.1 Å². The van der Waals surface area contributed by atoms with E-state index in [4.69, 9.17) is 10.00 Å². The highest BCUT2D eigenvalue weighted by Gasteiger charge is 2.39. The molecule has 1 aromatic carbocycles. The lowest BCUT2D eigenvalue weighted by Gasteiger charge is -2.40. The highest BCUT2D eigenvalue weighted by Crippen LogP contribution is 2.33. The minimum absolute atomic E-state index is 0.0224. The third-order valence-corrected chi connectivity index (χ3v) is 6.17. The van der Waals surface area contributed by atoms with Crippen molar-refractivity contribution in [3.8, 4) is 17.5 Å². The molecule has 2 heterocycles. The van der Waals surface area contributed by atoms with Gasteiger partial charge in [-0.25, -0.2) is 9.97 Å². The lowest BCUT2D eigenvalue weighted by Crippen LogP contribution is -2.51. The Bertz CT molecular complexity index is 975. The van der Waals surface area contributed by atoms with Gasteiger partial charge in [0.05, 0.1) is 24.2 Å². The summed E-state index contributed by atoms with van der Waals surface area (Å²) in [6.45, 7) is 5.18. The standard InChI is InChI=1S/C25H31N5O3/c1-17(2)33-25(32)29-13-10-22(11-14-29)30(21-7-8-21)24(31)20-15-27-23(28-16-20)19-5-3-18(4-6-19)9-12-26/h3-6,15-17,21-22,25,32H,7-11,13-14H2,1-2H3. The number of carbonyl (C=O) groups is 1. The number of likely N-dealkylation sites (tertiary alicyclic amines) is 1. The number of carbonyl (C=O) groups excluding carboxylic acids is 1. The Morgan fingerprint density at radius 2 is 1.76 bits per heavy atom. The van der Waals surface area contributed by atoms with Crippen molar-refractivity contribution in [2.45, 2.75) is 70.6 Å². The van der Waals surface area contributed by atoms with Gasteiger partial charge in [-0.15, -0.1) is 0 Å². The molecule has 174 valence electrons. The van der Waals surface area contributed by atoms with Crippen LogP contribution in [0.5, 0.6) is 0 Å². The molecule has 2 fully saturated rings. The fourth-order valence-corrected chi connectivity index (χ4v) is 4.30. The molecule has 1 aliphatic carbocycles. The van der Waals surface area contributed by atoms with Crippen LogP contribution >= 0.6 is 0 Å². The molecule has 2 aromatic rings. The fourth-order valence-electron chi connectivity index (χ4n) is 4.30. The number of amides is 1. The maximum Gasteiger partial charge on any atom is 0.257 e. The largest absolute Gasteiger partial charge is 0.356 e. The summed E-state index contributed by atoms with van der Waals surface area (Å²) in [5.74, 6) is 0.534. The van der Waals surface area contributed by atoms with Crippen LogP contribution in [0.3, 0.4) is 0 Å². The molecule has 2 aliphatic rings. The number of nitrogens with zero attached hydrogens (tertiary/aromatic N) is 5. The van der Waals surface area contributed by atoms with E-state index in [9.17, 15) is 9.90 Å². The Labute approximate surface area is 194 Å². The monoisotopic (exact) mass is 449 g/mol. The minimum Gasteiger partial charge on any atom is -0.356 e. The van der Waals surface area contributed by atoms with Crippen molar-refractivity contribution in [1.82, 2.24) is 19.8 Å². The number of rotatable bonds is 8. The summed E-state index contributed by atoms with van der Waals surface area (Å²) in [4.78, 5) is 26.2. The number of aromatic nitrogens is 2. The topological polar surface area (TPSA) is 103 Å². The summed E-state index contributed by atoms with van der Waals surface area (Å²) in [6, 6.07) is 10.1. The Hall–Kier alpha value is -2.86. The number of piperidine rings is 1. The Kier molecular flexibility index (Phi) is 7.33. The predicted octanol–water partition coefficient (Wildman–Crippen LogP) is 2.98. The SMILES string of the molecule is CC(C)OC(O)N1CCC(N(C(=O)c2cnc(-c3ccc(CC#N)cc3)nc2)C2CC2)CC1. The first-order valence-electron chi connectivity index (χ1n) is 11.6. The predicted molar refractivity (Wildman–Crippen MR) is 123 cm³/mol. The molecule has 1 saturated heterocycles. The Morgan fingerprint density at radius 3 is 2.30 bits per heavy atom. The van der Waals surface area contributed by atoms with Crippen molar-refractivity contribution in [3.05, 3.63) is 47.8 Å². The molecule has 8 nitrogen and oxygen atoms in total. The van der Waals surface area contributed by atoms with Crippen LogP contribution in [-0.4, -0.2) is 68.5 Å². The molecule has 1 aromatic heterocycles. The molecule has 0 radical (unpaired) electrons. The van der Waals surface area contributed by atoms with Gasteiger partial charge in [-0.1, -0.05) is 24.3 Å². The van der Waals surface area contributed by atoms with Crippen LogP contribution < -0.4 is 0 Å². The smallest absolute Gasteiger partial charge is 0.257 e. The van der Waals surface area contributed by atoms with Gasteiger partial charge in [-0.3, -0.25) is 9.69 Å². The van der Waals surface area contributed by atoms with Crippen molar-refractivity contribution in [2.75, 3.05) is 13.1 Å². The first-order chi connectivity index (χ1) is 16.0. The van der Waals surface area contributed by atoms with Crippen LogP contribution in [0, 0.1) is 11.3 Å². The highest BCUT2D eigenvalue weighted by atomic mass is 16.6. The third-order valence-electron chi connectivity index (χ3n) is 6.17. The molecule has 1 N–H and O–H groups in total. The van der Waals surface area contributed by atoms with Gasteiger partial charge in [0.25, 0.3) is 5.91 Å². The summed E-state index contributed by atoms with van der Waals surface area (Å²) < 4.78 is 5.50. The number of ether oxygens (including phenoxy) is 1. The van der Waals surface area contributed by atoms with Gasteiger partial charge in [-0.2, -0.15) is 5.26 Å². The number of aliphatic hydroxyl groups is 1. The average Bonchev–Trinajstić information content (AvgIpc) is 3.65. The van der Waals surface area contributed by atoms with E-state index in [1.54, 1.807) is 12.4 Å². The molecule has 0 bridgehead atoms. The van der Waals surface area contributed by atoms with Crippen LogP contribution in [-0.2, 0) is 11.2 Å². The second-order valence-corrected chi connectivity index (χ2v) is 9.05. The minimum atomic E-state index is -0.897. The maximum atomic E-state index is 13.4. The van der Waals surface area contributed by atoms with Crippen LogP contribution in [0.2, 0.25) is 0 Å². The summed E-state index contributed by atoms with van der Waals surface area (Å²) in [5.41, 5.74) is 2.30. The van der Waals surface area contributed by atoms with Gasteiger partial charge >= 0.3 is 0 Å². The summed E-state index contributed by atoms with van der Waals surface area (Å²) in [6.07, 6.45) is 6.30. The van der Waals surface area contributed by atoms with Gasteiger partial charge in [0, 0.05) is 43.1 Å². The molecule has 1 unspecified atom stereocenters. The van der Waals surface area contributed by atoms with Crippen molar-refractivity contribution in [2.24, 2.45) is 0 Å². The molecule has 1 aliphatic heterocycles. The summed E-state index contributed by atoms with van der Waals surface area (Å²) in [7, 11) is 0. The molecule has 8 heteroatoms. The quantitative estimate of drug-likeness (QED) is 0.618. The molecular formula is C25H31N5O3. The molecule has 0 spiro atoms. The van der Waals surface area contributed by atoms with E-state index in [1.165, 1.54) is 0 Å². The van der Waals surface area contributed by atoms with Gasteiger partial charge in [0.15, 0.2) is 5.82 Å².